The van der Waals surface area contributed by atoms with Gasteiger partial charge in [0.2, 0.25) is 5.89 Å². The van der Waals surface area contributed by atoms with Crippen LogP contribution in [0.3, 0.4) is 0 Å². The van der Waals surface area contributed by atoms with Crippen molar-refractivity contribution in [2.45, 2.75) is 12.8 Å². The molecule has 0 saturated carbocycles. The van der Waals surface area contributed by atoms with E-state index < -0.39 is 0 Å². The van der Waals surface area contributed by atoms with E-state index in [9.17, 15) is 5.11 Å². The van der Waals surface area contributed by atoms with Crippen molar-refractivity contribution in [2.24, 2.45) is 0 Å². The number of para-hydroxylation sites is 2. The summed E-state index contributed by atoms with van der Waals surface area (Å²) in [5.41, 5.74) is 7.96. The number of phenols is 1. The molecule has 184 valence electrons. The molecule has 1 unspecified atom stereocenters. The molecule has 0 amide bonds. The topological polar surface area (TPSA) is 59.2 Å². The average molecular weight is 663 g/mol. The molecule has 0 aliphatic rings. The third kappa shape index (κ3) is 4.73. The number of hydrogen-bond donors (Lipinski definition) is 1. The molecule has 0 aliphatic carbocycles. The summed E-state index contributed by atoms with van der Waals surface area (Å²) >= 11 is 0. The van der Waals surface area contributed by atoms with E-state index in [0.717, 1.165) is 33.5 Å². The predicted molar refractivity (Wildman–Crippen MR) is 143 cm³/mol. The molecule has 6 aromatic rings. The fourth-order valence-corrected chi connectivity index (χ4v) is 4.60. The number of rotatable bonds is 5. The maximum Gasteiger partial charge on any atom is 0.230 e. The number of hydrogen-bond acceptors (Lipinski definition) is 4. The molecular formula is C32H23N2O2Pt-. The summed E-state index contributed by atoms with van der Waals surface area (Å²) in [5, 5.41) is 10.4. The van der Waals surface area contributed by atoms with Gasteiger partial charge in [-0.3, -0.25) is 4.98 Å². The van der Waals surface area contributed by atoms with E-state index in [-0.39, 0.29) is 32.7 Å². The molecule has 0 saturated heterocycles. The Morgan fingerprint density at radius 1 is 0.784 bits per heavy atom. The maximum atomic E-state index is 10.4. The third-order valence-corrected chi connectivity index (χ3v) is 6.51. The molecule has 6 rings (SSSR count). The molecule has 4 nitrogen and oxygen atoms in total. The first-order valence-corrected chi connectivity index (χ1v) is 11.9. The Labute approximate surface area is 229 Å². The van der Waals surface area contributed by atoms with Crippen molar-refractivity contribution in [2.75, 3.05) is 0 Å². The van der Waals surface area contributed by atoms with Crippen LogP contribution in [0.25, 0.3) is 44.9 Å². The number of benzene rings is 4. The summed E-state index contributed by atoms with van der Waals surface area (Å²) in [4.78, 5) is 9.37. The first kappa shape index (κ1) is 24.7. The van der Waals surface area contributed by atoms with Gasteiger partial charge in [-0.25, -0.2) is 4.98 Å². The predicted octanol–water partition coefficient (Wildman–Crippen LogP) is 7.88. The Morgan fingerprint density at radius 2 is 1.54 bits per heavy atom. The molecule has 4 aromatic carbocycles. The van der Waals surface area contributed by atoms with Crippen LogP contribution in [0.1, 0.15) is 24.0 Å². The standard InChI is InChI=1S/C32H23N2O2.Pt/c1-21(22-10-3-2-4-11-22)24-18-17-23(28-14-7-8-19-33-28)20-27(24)25-13-9-16-30-31(25)34-32(36-30)26-12-5-6-15-29(26)35;/h2-19,21,35H,1H3;/q-1;. The largest absolute Gasteiger partial charge is 0.507 e. The van der Waals surface area contributed by atoms with Gasteiger partial charge in [0.05, 0.1) is 11.1 Å². The first-order valence-electron chi connectivity index (χ1n) is 11.9. The summed E-state index contributed by atoms with van der Waals surface area (Å²) in [6.45, 7) is 2.21. The van der Waals surface area contributed by atoms with Gasteiger partial charge in [0.15, 0.2) is 0 Å². The molecule has 37 heavy (non-hydrogen) atoms. The van der Waals surface area contributed by atoms with Crippen molar-refractivity contribution in [1.29, 1.82) is 0 Å². The average Bonchev–Trinajstić information content (AvgIpc) is 3.38. The number of nitrogens with zero attached hydrogens (tertiary/aromatic N) is 2. The van der Waals surface area contributed by atoms with Gasteiger partial charge in [-0.15, -0.1) is 29.3 Å². The van der Waals surface area contributed by atoms with E-state index in [1.165, 1.54) is 5.56 Å². The maximum absolute atomic E-state index is 10.4. The Hall–Kier alpha value is -4.01. The Balaban J connectivity index is 0.00000280. The fraction of sp³-hybridized carbons (Fsp3) is 0.0625. The minimum Gasteiger partial charge on any atom is -0.507 e. The van der Waals surface area contributed by atoms with Gasteiger partial charge in [0.1, 0.15) is 11.3 Å². The monoisotopic (exact) mass is 662 g/mol. The van der Waals surface area contributed by atoms with Gasteiger partial charge in [-0.2, -0.15) is 0 Å². The second-order valence-corrected chi connectivity index (χ2v) is 8.74. The number of oxazole rings is 1. The van der Waals surface area contributed by atoms with Crippen molar-refractivity contribution >= 4 is 11.1 Å². The number of phenolic OH excluding ortho intramolecular Hbond substituents is 1. The van der Waals surface area contributed by atoms with E-state index in [1.54, 1.807) is 24.4 Å². The summed E-state index contributed by atoms with van der Waals surface area (Å²) in [7, 11) is 0. The molecule has 0 spiro atoms. The van der Waals surface area contributed by atoms with Gasteiger partial charge < -0.3 is 9.52 Å². The molecule has 5 heteroatoms. The van der Waals surface area contributed by atoms with Crippen LogP contribution in [0.4, 0.5) is 0 Å². The Morgan fingerprint density at radius 3 is 2.32 bits per heavy atom. The van der Waals surface area contributed by atoms with Crippen LogP contribution in [0.5, 0.6) is 5.75 Å². The number of fused-ring (bicyclic) bond motifs is 1. The minimum atomic E-state index is 0. The van der Waals surface area contributed by atoms with Crippen LogP contribution in [-0.4, -0.2) is 15.1 Å². The zero-order valence-electron chi connectivity index (χ0n) is 20.0. The quantitative estimate of drug-likeness (QED) is 0.191. The zero-order valence-corrected chi connectivity index (χ0v) is 22.3. The van der Waals surface area contributed by atoms with Crippen molar-refractivity contribution in [3.05, 3.63) is 127 Å². The second kappa shape index (κ2) is 10.5. The van der Waals surface area contributed by atoms with E-state index in [1.807, 2.05) is 42.5 Å². The third-order valence-electron chi connectivity index (χ3n) is 6.51. The van der Waals surface area contributed by atoms with Crippen LogP contribution in [0.2, 0.25) is 0 Å². The van der Waals surface area contributed by atoms with Crippen LogP contribution >= 0.6 is 0 Å². The number of aromatic hydroxyl groups is 1. The molecule has 0 aliphatic heterocycles. The van der Waals surface area contributed by atoms with Gasteiger partial charge in [-0.05, 0) is 35.7 Å². The van der Waals surface area contributed by atoms with Crippen LogP contribution < -0.4 is 0 Å². The molecule has 0 bridgehead atoms. The fourth-order valence-electron chi connectivity index (χ4n) is 4.60. The van der Waals surface area contributed by atoms with Gasteiger partial charge in [-0.1, -0.05) is 84.8 Å². The van der Waals surface area contributed by atoms with Gasteiger partial charge in [0.25, 0.3) is 0 Å². The molecule has 1 N–H and O–H groups in total. The summed E-state index contributed by atoms with van der Waals surface area (Å²) < 4.78 is 6.10. The second-order valence-electron chi connectivity index (χ2n) is 8.74. The van der Waals surface area contributed by atoms with Crippen LogP contribution in [0, 0.1) is 6.07 Å². The van der Waals surface area contributed by atoms with Crippen molar-refractivity contribution in [3.63, 3.8) is 0 Å². The molecule has 0 fully saturated rings. The molecule has 0 radical (unpaired) electrons. The zero-order chi connectivity index (χ0) is 24.5. The smallest absolute Gasteiger partial charge is 0.230 e. The molecular weight excluding hydrogens is 639 g/mol. The summed E-state index contributed by atoms with van der Waals surface area (Å²) in [6.07, 6.45) is 1.79. The Bertz CT molecular complexity index is 1660. The van der Waals surface area contributed by atoms with Crippen molar-refractivity contribution < 1.29 is 30.6 Å². The van der Waals surface area contributed by atoms with Gasteiger partial charge >= 0.3 is 0 Å². The Kier molecular flexibility index (Phi) is 7.03. The van der Waals surface area contributed by atoms with Crippen LogP contribution in [-0.2, 0) is 21.1 Å². The SMILES string of the molecule is CC(c1ccccc1)c1ccc(-c2ccccn2)[c-]c1-c1cccc2oc(-c3ccccc3O)nc12.[Pt]. The van der Waals surface area contributed by atoms with Crippen LogP contribution in [0.15, 0.2) is 114 Å². The normalized spacial score (nSPS) is 11.7. The van der Waals surface area contributed by atoms with E-state index in [2.05, 4.69) is 60.4 Å². The van der Waals surface area contributed by atoms with Crippen molar-refractivity contribution in [3.8, 4) is 39.6 Å². The molecule has 2 heterocycles. The number of aromatic nitrogens is 2. The molecule has 1 atom stereocenters. The first-order chi connectivity index (χ1) is 17.7. The summed E-state index contributed by atoms with van der Waals surface area (Å²) in [5.74, 6) is 0.650. The summed E-state index contributed by atoms with van der Waals surface area (Å²) in [6, 6.07) is 37.2. The minimum absolute atomic E-state index is 0. The van der Waals surface area contributed by atoms with Gasteiger partial charge in [0, 0.05) is 33.0 Å². The van der Waals surface area contributed by atoms with Crippen molar-refractivity contribution in [1.82, 2.24) is 9.97 Å². The molecule has 2 aromatic heterocycles. The van der Waals surface area contributed by atoms with E-state index in [4.69, 9.17) is 9.40 Å². The van der Waals surface area contributed by atoms with E-state index in [0.29, 0.717) is 17.0 Å². The number of pyridine rings is 1. The van der Waals surface area contributed by atoms with E-state index >= 15 is 0 Å².